The largest absolute Gasteiger partial charge is 0.742 e. The van der Waals surface area contributed by atoms with Crippen molar-refractivity contribution in [1.29, 1.82) is 0 Å². The van der Waals surface area contributed by atoms with Gasteiger partial charge in [-0.1, -0.05) is 13.3 Å². The summed E-state index contributed by atoms with van der Waals surface area (Å²) in [4.78, 5) is 23.5. The van der Waals surface area contributed by atoms with Crippen LogP contribution in [0.15, 0.2) is 0 Å². The third-order valence-electron chi connectivity index (χ3n) is 2.65. The van der Waals surface area contributed by atoms with Gasteiger partial charge in [0.05, 0.1) is 0 Å². The SMILES string of the molecule is CCCCN(CCC(=O)S(=O)(=O)[O-])CCC(=O)S(=O)(=O)[O-]. The van der Waals surface area contributed by atoms with Crippen LogP contribution >= 0.6 is 0 Å². The molecule has 0 N–H and O–H groups in total. The van der Waals surface area contributed by atoms with E-state index in [0.29, 0.717) is 13.0 Å². The quantitative estimate of drug-likeness (QED) is 0.480. The Balaban J connectivity index is 4.53. The zero-order chi connectivity index (χ0) is 16.7. The van der Waals surface area contributed by atoms with Crippen LogP contribution in [0, 0.1) is 0 Å². The maximum absolute atomic E-state index is 11.0. The van der Waals surface area contributed by atoms with Crippen molar-refractivity contribution in [2.24, 2.45) is 0 Å². The van der Waals surface area contributed by atoms with Crippen molar-refractivity contribution in [1.82, 2.24) is 4.90 Å². The zero-order valence-electron chi connectivity index (χ0n) is 11.5. The fourth-order valence-electron chi connectivity index (χ4n) is 1.47. The minimum atomic E-state index is -5.00. The summed E-state index contributed by atoms with van der Waals surface area (Å²) in [5.41, 5.74) is 0. The number of hydrogen-bond acceptors (Lipinski definition) is 9. The second-order valence-corrected chi connectivity index (χ2v) is 7.07. The lowest BCUT2D eigenvalue weighted by Crippen LogP contribution is -2.32. The van der Waals surface area contributed by atoms with E-state index < -0.39 is 43.3 Å². The zero-order valence-corrected chi connectivity index (χ0v) is 13.1. The average molecular weight is 343 g/mol. The second kappa shape index (κ2) is 8.54. The number of rotatable bonds is 9. The van der Waals surface area contributed by atoms with Gasteiger partial charge in [0.15, 0.2) is 20.2 Å². The van der Waals surface area contributed by atoms with E-state index in [1.807, 2.05) is 6.92 Å². The summed E-state index contributed by atoms with van der Waals surface area (Å²) in [6, 6.07) is 0. The predicted octanol–water partition coefficient (Wildman–Crippen LogP) is -0.988. The third-order valence-corrected chi connectivity index (χ3v) is 4.17. The standard InChI is InChI=1S/C10H19NO8S2/c1-2-3-6-11(7-4-9(12)20(14,15)16)8-5-10(13)21(17,18)19/h2-8H2,1H3,(H,14,15,16)(H,17,18,19)/p-2. The highest BCUT2D eigenvalue weighted by atomic mass is 32.2. The number of carbonyl (C=O) groups is 2. The summed E-state index contributed by atoms with van der Waals surface area (Å²) in [5.74, 6) is 0. The van der Waals surface area contributed by atoms with Gasteiger partial charge in [-0.2, -0.15) is 0 Å². The van der Waals surface area contributed by atoms with Crippen LogP contribution in [0.2, 0.25) is 0 Å². The molecule has 0 rings (SSSR count). The highest BCUT2D eigenvalue weighted by Gasteiger charge is 2.16. The van der Waals surface area contributed by atoms with E-state index in [-0.39, 0.29) is 13.1 Å². The third kappa shape index (κ3) is 8.88. The lowest BCUT2D eigenvalue weighted by atomic mass is 10.3. The molecule has 0 amide bonds. The first-order chi connectivity index (χ1) is 9.48. The smallest absolute Gasteiger partial charge is 0.235 e. The van der Waals surface area contributed by atoms with Gasteiger partial charge in [-0.05, 0) is 13.0 Å². The monoisotopic (exact) mass is 343 g/mol. The molecule has 0 atom stereocenters. The number of nitrogens with zero attached hydrogens (tertiary/aromatic N) is 1. The van der Waals surface area contributed by atoms with Gasteiger partial charge in [-0.15, -0.1) is 0 Å². The Labute approximate surface area is 123 Å². The number of hydrogen-bond donors (Lipinski definition) is 0. The minimum Gasteiger partial charge on any atom is -0.742 e. The molecule has 0 heterocycles. The molecule has 124 valence electrons. The molecule has 0 aliphatic heterocycles. The van der Waals surface area contributed by atoms with Gasteiger partial charge in [0.1, 0.15) is 0 Å². The van der Waals surface area contributed by atoms with Crippen LogP contribution in [0.4, 0.5) is 0 Å². The molecule has 0 aromatic heterocycles. The van der Waals surface area contributed by atoms with Crippen LogP contribution in [-0.2, 0) is 29.8 Å². The Morgan fingerprint density at radius 1 is 0.857 bits per heavy atom. The van der Waals surface area contributed by atoms with Crippen molar-refractivity contribution in [3.8, 4) is 0 Å². The first kappa shape index (κ1) is 20.1. The van der Waals surface area contributed by atoms with Gasteiger partial charge in [0.25, 0.3) is 0 Å². The average Bonchev–Trinajstić information content (AvgIpc) is 2.34. The van der Waals surface area contributed by atoms with Crippen LogP contribution in [0.25, 0.3) is 0 Å². The molecule has 21 heavy (non-hydrogen) atoms. The molecule has 0 saturated carbocycles. The van der Waals surface area contributed by atoms with E-state index in [1.54, 1.807) is 0 Å². The summed E-state index contributed by atoms with van der Waals surface area (Å²) in [6.07, 6.45) is 0.344. The van der Waals surface area contributed by atoms with Gasteiger partial charge in [0.2, 0.25) is 10.2 Å². The van der Waals surface area contributed by atoms with E-state index in [9.17, 15) is 35.5 Å². The van der Waals surface area contributed by atoms with E-state index in [0.717, 1.165) is 6.42 Å². The summed E-state index contributed by atoms with van der Waals surface area (Å²) < 4.78 is 62.7. The highest BCUT2D eigenvalue weighted by molar-refractivity contribution is 8.01. The van der Waals surface area contributed by atoms with Crippen LogP contribution in [-0.4, -0.2) is 60.7 Å². The van der Waals surface area contributed by atoms with Gasteiger partial charge < -0.3 is 14.0 Å². The normalized spacial score (nSPS) is 12.6. The van der Waals surface area contributed by atoms with Crippen molar-refractivity contribution in [3.63, 3.8) is 0 Å². The Morgan fingerprint density at radius 2 is 1.24 bits per heavy atom. The molecular formula is C10H17NO8S2-2. The first-order valence-electron chi connectivity index (χ1n) is 6.18. The topological polar surface area (TPSA) is 152 Å². The number of unbranched alkanes of at least 4 members (excludes halogenated alkanes) is 1. The summed E-state index contributed by atoms with van der Waals surface area (Å²) >= 11 is 0. The van der Waals surface area contributed by atoms with Crippen LogP contribution in [0.1, 0.15) is 32.6 Å². The molecule has 0 fully saturated rings. The molecule has 0 radical (unpaired) electrons. The van der Waals surface area contributed by atoms with Crippen molar-refractivity contribution in [2.45, 2.75) is 32.6 Å². The molecule has 0 aromatic rings. The lowest BCUT2D eigenvalue weighted by molar-refractivity contribution is -0.112. The van der Waals surface area contributed by atoms with Gasteiger partial charge in [0, 0.05) is 25.9 Å². The summed E-state index contributed by atoms with van der Waals surface area (Å²) in [5, 5.41) is -2.93. The van der Waals surface area contributed by atoms with E-state index in [2.05, 4.69) is 0 Å². The molecule has 0 aliphatic carbocycles. The van der Waals surface area contributed by atoms with Crippen LogP contribution in [0.5, 0.6) is 0 Å². The van der Waals surface area contributed by atoms with E-state index in [1.165, 1.54) is 4.90 Å². The maximum atomic E-state index is 11.0. The van der Waals surface area contributed by atoms with Gasteiger partial charge in [-0.3, -0.25) is 9.59 Å². The van der Waals surface area contributed by atoms with E-state index >= 15 is 0 Å². The molecule has 0 spiro atoms. The molecule has 0 unspecified atom stereocenters. The molecule has 0 saturated heterocycles. The van der Waals surface area contributed by atoms with Gasteiger partial charge in [-0.25, -0.2) is 16.8 Å². The Morgan fingerprint density at radius 3 is 1.52 bits per heavy atom. The van der Waals surface area contributed by atoms with Crippen LogP contribution < -0.4 is 0 Å². The Hall–Kier alpha value is -0.880. The van der Waals surface area contributed by atoms with Crippen molar-refractivity contribution >= 4 is 30.5 Å². The Bertz CT molecular complexity index is 518. The molecule has 11 heteroatoms. The van der Waals surface area contributed by atoms with Crippen molar-refractivity contribution in [3.05, 3.63) is 0 Å². The van der Waals surface area contributed by atoms with Crippen LogP contribution in [0.3, 0.4) is 0 Å². The second-order valence-electron chi connectivity index (χ2n) is 4.35. The molecule has 9 nitrogen and oxygen atoms in total. The van der Waals surface area contributed by atoms with Crippen molar-refractivity contribution < 1.29 is 35.5 Å². The summed E-state index contributed by atoms with van der Waals surface area (Å²) in [7, 11) is -10.0. The van der Waals surface area contributed by atoms with Gasteiger partial charge >= 0.3 is 0 Å². The van der Waals surface area contributed by atoms with E-state index in [4.69, 9.17) is 0 Å². The maximum Gasteiger partial charge on any atom is 0.235 e. The predicted molar refractivity (Wildman–Crippen MR) is 70.0 cm³/mol. The molecule has 0 aliphatic rings. The lowest BCUT2D eigenvalue weighted by Gasteiger charge is -2.21. The van der Waals surface area contributed by atoms with Crippen molar-refractivity contribution in [2.75, 3.05) is 19.6 Å². The summed E-state index contributed by atoms with van der Waals surface area (Å²) in [6.45, 7) is 2.05. The minimum absolute atomic E-state index is 0.105. The fraction of sp³-hybridized carbons (Fsp3) is 0.800. The highest BCUT2D eigenvalue weighted by Crippen LogP contribution is 2.03. The number of carbonyl (C=O) groups excluding carboxylic acids is 2. The molecular weight excluding hydrogens is 326 g/mol. The fourth-order valence-corrected chi connectivity index (χ4v) is 2.15. The first-order valence-corrected chi connectivity index (χ1v) is 9.00. The molecule has 0 aromatic carbocycles. The Kier molecular flexibility index (Phi) is 8.18. The molecule has 0 bridgehead atoms.